The minimum Gasteiger partial charge on any atom is -0.462 e. The Hall–Kier alpha value is -4.80. The second kappa shape index (κ2) is 74.5. The van der Waals surface area contributed by atoms with Gasteiger partial charge in [-0.2, -0.15) is 0 Å². The molecule has 19 heteroatoms. The van der Waals surface area contributed by atoms with Gasteiger partial charge in [0.2, 0.25) is 0 Å². The molecule has 0 saturated heterocycles. The van der Waals surface area contributed by atoms with Gasteiger partial charge in [0.05, 0.1) is 26.4 Å². The van der Waals surface area contributed by atoms with Crippen molar-refractivity contribution in [2.75, 3.05) is 39.6 Å². The molecule has 0 aliphatic rings. The van der Waals surface area contributed by atoms with Crippen molar-refractivity contribution in [3.63, 3.8) is 0 Å². The van der Waals surface area contributed by atoms with Crippen LogP contribution in [0.25, 0.3) is 0 Å². The quantitative estimate of drug-likeness (QED) is 0.0169. The molecule has 0 heterocycles. The smallest absolute Gasteiger partial charge is 0.462 e. The number of hydrogen-bond acceptors (Lipinski definition) is 15. The van der Waals surface area contributed by atoms with Crippen LogP contribution >= 0.6 is 15.6 Å². The fourth-order valence-corrected chi connectivity index (χ4v) is 11.8. The average molecular weight is 1470 g/mol. The number of allylic oxidation sites excluding steroid dienone is 22. The average Bonchev–Trinajstić information content (AvgIpc) is 0.926. The van der Waals surface area contributed by atoms with E-state index < -0.39 is 97.5 Å². The molecular formula is C83H140O17P2. The molecule has 0 amide bonds. The van der Waals surface area contributed by atoms with E-state index in [0.717, 1.165) is 193 Å². The van der Waals surface area contributed by atoms with Gasteiger partial charge in [-0.15, -0.1) is 0 Å². The van der Waals surface area contributed by atoms with E-state index in [0.29, 0.717) is 25.7 Å². The highest BCUT2D eigenvalue weighted by molar-refractivity contribution is 7.47. The molecule has 584 valence electrons. The Morgan fingerprint density at radius 2 is 0.510 bits per heavy atom. The number of ether oxygens (including phenoxy) is 4. The Labute approximate surface area is 618 Å². The van der Waals surface area contributed by atoms with Gasteiger partial charge in [0.25, 0.3) is 0 Å². The van der Waals surface area contributed by atoms with Crippen molar-refractivity contribution in [1.29, 1.82) is 0 Å². The van der Waals surface area contributed by atoms with E-state index in [1.807, 2.05) is 0 Å². The van der Waals surface area contributed by atoms with E-state index in [4.69, 9.17) is 37.0 Å². The Balaban J connectivity index is 5.36. The minimum absolute atomic E-state index is 0.0702. The highest BCUT2D eigenvalue weighted by atomic mass is 31.2. The van der Waals surface area contributed by atoms with Gasteiger partial charge in [0.1, 0.15) is 19.3 Å². The Kier molecular flexibility index (Phi) is 71.0. The van der Waals surface area contributed by atoms with Gasteiger partial charge in [-0.3, -0.25) is 37.3 Å². The van der Waals surface area contributed by atoms with Gasteiger partial charge in [-0.05, 0) is 135 Å². The summed E-state index contributed by atoms with van der Waals surface area (Å²) >= 11 is 0. The summed E-state index contributed by atoms with van der Waals surface area (Å²) in [6.45, 7) is 4.47. The fourth-order valence-electron chi connectivity index (χ4n) is 10.2. The van der Waals surface area contributed by atoms with Gasteiger partial charge in [0, 0.05) is 25.7 Å². The second-order valence-electron chi connectivity index (χ2n) is 25.9. The standard InChI is InChI=1S/C83H140O17P2/c1-5-9-13-17-21-25-29-32-35-37-38-40-43-45-49-52-56-60-64-68-80(85)93-73-78(99-82(87)69-65-61-57-53-47-28-24-20-16-12-8-4)75-97-101(89,90)95-71-77(84)72-96-102(91,92)98-76-79(100-83(88)70-66-62-58-54-50-46-41-34-31-27-23-19-15-11-7-3)74-94-81(86)67-63-59-55-51-48-44-42-39-36-33-30-26-22-18-14-10-6-2/h9-11,13-15,21-23,25-27,32-36,38,40-41,45,49,77-79,84H,5-8,12,16-20,24,28-31,37,39,42-44,46-48,50-76H2,1-4H3,(H,89,90)(H,91,92)/b13-9-,14-10-,15-11-,25-21-,26-22-,27-23-,35-32-,36-33-,40-38-,41-34-,49-45-. The Morgan fingerprint density at radius 3 is 0.794 bits per heavy atom. The third-order valence-corrected chi connectivity index (χ3v) is 18.0. The number of carbonyl (C=O) groups is 4. The summed E-state index contributed by atoms with van der Waals surface area (Å²) in [4.78, 5) is 72.9. The predicted octanol–water partition coefficient (Wildman–Crippen LogP) is 22.9. The molecule has 0 aromatic heterocycles. The summed E-state index contributed by atoms with van der Waals surface area (Å²) in [6.07, 6.45) is 82.9. The first-order chi connectivity index (χ1) is 49.7. The monoisotopic (exact) mass is 1470 g/mol. The fraction of sp³-hybridized carbons (Fsp3) is 0.687. The summed E-state index contributed by atoms with van der Waals surface area (Å²) in [5.41, 5.74) is 0. The van der Waals surface area contributed by atoms with Crippen molar-refractivity contribution in [3.8, 4) is 0 Å². The van der Waals surface area contributed by atoms with Gasteiger partial charge < -0.3 is 33.8 Å². The van der Waals surface area contributed by atoms with Crippen molar-refractivity contribution in [2.45, 2.75) is 329 Å². The topological polar surface area (TPSA) is 237 Å². The van der Waals surface area contributed by atoms with Gasteiger partial charge in [-0.1, -0.05) is 283 Å². The number of hydrogen-bond donors (Lipinski definition) is 3. The molecule has 102 heavy (non-hydrogen) atoms. The SMILES string of the molecule is CC/C=C\C/C=C\C/C=C\C/C=C\C/C=C\CCCCCC(=O)OCC(COP(=O)(O)OCC(O)COP(=O)(O)OCC(COC(=O)CCCCCCCCC/C=C\C/C=C\C/C=C\CC)OC(=O)CCCCCCC/C=C\C/C=C\C/C=C\CC)OC(=O)CCCCCCCCCCCCC. The lowest BCUT2D eigenvalue weighted by Crippen LogP contribution is -2.30. The summed E-state index contributed by atoms with van der Waals surface area (Å²) in [5.74, 6) is -2.24. The molecule has 0 fully saturated rings. The van der Waals surface area contributed by atoms with Crippen LogP contribution in [0.5, 0.6) is 0 Å². The highest BCUT2D eigenvalue weighted by Gasteiger charge is 2.30. The van der Waals surface area contributed by atoms with Gasteiger partial charge >= 0.3 is 39.5 Å². The molecule has 5 atom stereocenters. The number of aliphatic hydroxyl groups excluding tert-OH is 1. The lowest BCUT2D eigenvalue weighted by molar-refractivity contribution is -0.161. The lowest BCUT2D eigenvalue weighted by atomic mass is 10.1. The maximum atomic E-state index is 13.1. The van der Waals surface area contributed by atoms with Crippen LogP contribution in [-0.4, -0.2) is 96.7 Å². The van der Waals surface area contributed by atoms with E-state index in [-0.39, 0.29) is 25.7 Å². The molecule has 3 N–H and O–H groups in total. The van der Waals surface area contributed by atoms with Crippen molar-refractivity contribution in [1.82, 2.24) is 0 Å². The predicted molar refractivity (Wildman–Crippen MR) is 418 cm³/mol. The number of carbonyl (C=O) groups excluding carboxylic acids is 4. The van der Waals surface area contributed by atoms with Crippen LogP contribution in [0.15, 0.2) is 134 Å². The second-order valence-corrected chi connectivity index (χ2v) is 28.8. The first kappa shape index (κ1) is 97.2. The molecule has 0 saturated carbocycles. The van der Waals surface area contributed by atoms with Crippen LogP contribution in [0.4, 0.5) is 0 Å². The van der Waals surface area contributed by atoms with Crippen LogP contribution in [-0.2, 0) is 65.4 Å². The number of esters is 4. The van der Waals surface area contributed by atoms with E-state index in [9.17, 15) is 43.2 Å². The normalized spacial score (nSPS) is 14.6. The van der Waals surface area contributed by atoms with Crippen molar-refractivity contribution in [3.05, 3.63) is 134 Å². The number of phosphoric ester groups is 2. The first-order valence-electron chi connectivity index (χ1n) is 39.4. The Bertz CT molecular complexity index is 2460. The number of phosphoric acid groups is 2. The van der Waals surface area contributed by atoms with E-state index in [2.05, 4.69) is 161 Å². The maximum absolute atomic E-state index is 13.1. The molecule has 0 aromatic carbocycles. The molecule has 0 rings (SSSR count). The molecule has 0 aliphatic carbocycles. The highest BCUT2D eigenvalue weighted by Crippen LogP contribution is 2.45. The summed E-state index contributed by atoms with van der Waals surface area (Å²) in [6, 6.07) is 0. The Morgan fingerprint density at radius 1 is 0.284 bits per heavy atom. The zero-order chi connectivity index (χ0) is 74.6. The molecule has 0 spiro atoms. The summed E-state index contributed by atoms with van der Waals surface area (Å²) < 4.78 is 68.5. The van der Waals surface area contributed by atoms with Crippen LogP contribution in [0.1, 0.15) is 310 Å². The zero-order valence-electron chi connectivity index (χ0n) is 63.7. The molecule has 0 bridgehead atoms. The molecule has 0 aromatic rings. The van der Waals surface area contributed by atoms with Crippen molar-refractivity contribution in [2.24, 2.45) is 0 Å². The van der Waals surface area contributed by atoms with Crippen molar-refractivity contribution < 1.29 is 80.2 Å². The van der Waals surface area contributed by atoms with Crippen LogP contribution in [0.2, 0.25) is 0 Å². The van der Waals surface area contributed by atoms with Crippen LogP contribution in [0, 0.1) is 0 Å². The minimum atomic E-state index is -4.99. The zero-order valence-corrected chi connectivity index (χ0v) is 65.5. The molecule has 0 radical (unpaired) electrons. The van der Waals surface area contributed by atoms with Gasteiger partial charge in [-0.25, -0.2) is 9.13 Å². The number of aliphatic hydroxyl groups is 1. The van der Waals surface area contributed by atoms with Crippen LogP contribution in [0.3, 0.4) is 0 Å². The number of rotatable bonds is 73. The van der Waals surface area contributed by atoms with E-state index in [1.165, 1.54) is 38.5 Å². The summed E-state index contributed by atoms with van der Waals surface area (Å²) in [7, 11) is -9.97. The van der Waals surface area contributed by atoms with Crippen molar-refractivity contribution >= 4 is 39.5 Å². The first-order valence-corrected chi connectivity index (χ1v) is 42.4. The largest absolute Gasteiger partial charge is 0.472 e. The maximum Gasteiger partial charge on any atom is 0.472 e. The van der Waals surface area contributed by atoms with Crippen LogP contribution < -0.4 is 0 Å². The van der Waals surface area contributed by atoms with E-state index in [1.54, 1.807) is 0 Å². The van der Waals surface area contributed by atoms with Gasteiger partial charge in [0.15, 0.2) is 12.2 Å². The molecule has 0 aliphatic heterocycles. The molecule has 17 nitrogen and oxygen atoms in total. The lowest BCUT2D eigenvalue weighted by Gasteiger charge is -2.21. The number of unbranched alkanes of at least 4 members (excludes halogenated alkanes) is 25. The van der Waals surface area contributed by atoms with E-state index >= 15 is 0 Å². The summed E-state index contributed by atoms with van der Waals surface area (Å²) in [5, 5.41) is 10.6. The third kappa shape index (κ3) is 73.5. The third-order valence-electron chi connectivity index (χ3n) is 16.1. The molecule has 5 unspecified atom stereocenters. The molecular weight excluding hydrogens is 1330 g/mol.